The molecule has 0 bridgehead atoms. The Hall–Kier alpha value is -2.75. The summed E-state index contributed by atoms with van der Waals surface area (Å²) in [4.78, 5) is 11.0. The molecule has 0 unspecified atom stereocenters. The third-order valence-corrected chi connectivity index (χ3v) is 2.05. The molecule has 0 aliphatic carbocycles. The lowest BCUT2D eigenvalue weighted by Crippen LogP contribution is -1.98. The van der Waals surface area contributed by atoms with Gasteiger partial charge in [0.15, 0.2) is 0 Å². The lowest BCUT2D eigenvalue weighted by Gasteiger charge is -1.92. The summed E-state index contributed by atoms with van der Waals surface area (Å²) in [7, 11) is 0. The number of carbonyl (C=O) groups excluding carboxylic acids is 1. The maximum atomic E-state index is 11.0. The summed E-state index contributed by atoms with van der Waals surface area (Å²) < 4.78 is 14.9. The van der Waals surface area contributed by atoms with Crippen LogP contribution >= 0.6 is 0 Å². The molecular weight excluding hydrogens is 268 g/mol. The van der Waals surface area contributed by atoms with E-state index < -0.39 is 0 Å². The number of hydrogen-bond donors (Lipinski definition) is 0. The molecule has 1 aromatic rings. The number of rotatable bonds is 8. The summed E-state index contributed by atoms with van der Waals surface area (Å²) >= 11 is 0. The van der Waals surface area contributed by atoms with E-state index >= 15 is 0 Å². The van der Waals surface area contributed by atoms with Crippen molar-refractivity contribution in [1.29, 1.82) is 0 Å². The average Bonchev–Trinajstić information content (AvgIpc) is 2.98. The molecule has 0 radical (unpaired) electrons. The van der Waals surface area contributed by atoms with Gasteiger partial charge in [0.05, 0.1) is 19.1 Å². The first-order chi connectivity index (χ1) is 10.3. The number of furan rings is 1. The van der Waals surface area contributed by atoms with Gasteiger partial charge in [0, 0.05) is 12.1 Å². The van der Waals surface area contributed by atoms with Gasteiger partial charge in [0.1, 0.15) is 0 Å². The van der Waals surface area contributed by atoms with Crippen molar-refractivity contribution in [3.05, 3.63) is 79.3 Å². The van der Waals surface area contributed by atoms with E-state index in [4.69, 9.17) is 13.9 Å². The molecule has 0 N–H and O–H groups in total. The van der Waals surface area contributed by atoms with Crippen LogP contribution in [0.15, 0.2) is 83.8 Å². The van der Waals surface area contributed by atoms with Crippen LogP contribution in [-0.4, -0.2) is 12.6 Å². The van der Waals surface area contributed by atoms with Crippen LogP contribution in [0.5, 0.6) is 5.95 Å². The zero-order chi connectivity index (χ0) is 15.2. The number of hydrogen-bond acceptors (Lipinski definition) is 4. The lowest BCUT2D eigenvalue weighted by molar-refractivity contribution is -0.137. The zero-order valence-corrected chi connectivity index (χ0v) is 11.8. The van der Waals surface area contributed by atoms with Gasteiger partial charge in [-0.15, -0.1) is 0 Å². The Balaban J connectivity index is 2.17. The number of allylic oxidation sites excluding steroid dienone is 8. The van der Waals surface area contributed by atoms with Crippen LogP contribution < -0.4 is 4.74 Å². The van der Waals surface area contributed by atoms with E-state index in [9.17, 15) is 4.79 Å². The van der Waals surface area contributed by atoms with Crippen LogP contribution in [-0.2, 0) is 9.53 Å². The molecule has 0 saturated carbocycles. The normalized spacial score (nSPS) is 12.4. The predicted molar refractivity (Wildman–Crippen MR) is 81.7 cm³/mol. The van der Waals surface area contributed by atoms with Gasteiger partial charge in [-0.2, -0.15) is 0 Å². The Morgan fingerprint density at radius 2 is 1.76 bits per heavy atom. The maximum absolute atomic E-state index is 11.0. The Kier molecular flexibility index (Phi) is 8.62. The summed E-state index contributed by atoms with van der Waals surface area (Å²) in [6, 6.07) is 3.48. The third-order valence-electron chi connectivity index (χ3n) is 2.05. The van der Waals surface area contributed by atoms with Gasteiger partial charge >= 0.3 is 5.97 Å². The first-order valence-corrected chi connectivity index (χ1v) is 6.53. The van der Waals surface area contributed by atoms with E-state index in [1.165, 1.54) is 12.3 Å². The van der Waals surface area contributed by atoms with Gasteiger partial charge in [-0.25, -0.2) is 4.79 Å². The highest BCUT2D eigenvalue weighted by molar-refractivity contribution is 5.82. The molecule has 0 spiro atoms. The standard InChI is InChI=1S/C17H18O4/c1-2-19-16(18)12-9-7-5-3-4-6-8-10-14-20-17-13-11-15-21-17/h3-15H,2H2,1H3. The first-order valence-electron chi connectivity index (χ1n) is 6.53. The highest BCUT2D eigenvalue weighted by atomic mass is 16.6. The summed E-state index contributed by atoms with van der Waals surface area (Å²) in [5.74, 6) is 0.110. The van der Waals surface area contributed by atoms with Crippen LogP contribution in [0.2, 0.25) is 0 Å². The number of carbonyl (C=O) groups is 1. The number of ether oxygens (including phenoxy) is 2. The van der Waals surface area contributed by atoms with Crippen LogP contribution in [0, 0.1) is 0 Å². The minimum Gasteiger partial charge on any atom is -0.463 e. The quantitative estimate of drug-likeness (QED) is 0.314. The van der Waals surface area contributed by atoms with Crippen molar-refractivity contribution in [3.63, 3.8) is 0 Å². The van der Waals surface area contributed by atoms with E-state index in [0.29, 0.717) is 12.6 Å². The van der Waals surface area contributed by atoms with Crippen molar-refractivity contribution < 1.29 is 18.7 Å². The molecule has 1 rings (SSSR count). The van der Waals surface area contributed by atoms with E-state index in [-0.39, 0.29) is 5.97 Å². The van der Waals surface area contributed by atoms with Crippen molar-refractivity contribution in [1.82, 2.24) is 0 Å². The molecular formula is C17H18O4. The SMILES string of the molecule is CCOC(=O)C=CC=CC=CC=CC=COc1ccco1. The van der Waals surface area contributed by atoms with Gasteiger partial charge in [-0.05, 0) is 19.1 Å². The molecule has 1 heterocycles. The van der Waals surface area contributed by atoms with Gasteiger partial charge in [-0.1, -0.05) is 42.5 Å². The van der Waals surface area contributed by atoms with Gasteiger partial charge < -0.3 is 13.9 Å². The molecule has 0 aliphatic heterocycles. The Morgan fingerprint density at radius 3 is 2.38 bits per heavy atom. The van der Waals surface area contributed by atoms with E-state index in [1.807, 2.05) is 30.4 Å². The van der Waals surface area contributed by atoms with Crippen molar-refractivity contribution in [2.45, 2.75) is 6.92 Å². The average molecular weight is 286 g/mol. The molecule has 1 aromatic heterocycles. The van der Waals surface area contributed by atoms with Gasteiger partial charge in [-0.3, -0.25) is 0 Å². The van der Waals surface area contributed by atoms with Crippen molar-refractivity contribution in [2.24, 2.45) is 0 Å². The van der Waals surface area contributed by atoms with Crippen LogP contribution in [0.3, 0.4) is 0 Å². The predicted octanol–water partition coefficient (Wildman–Crippen LogP) is 3.96. The first kappa shape index (κ1) is 16.3. The molecule has 0 aliphatic rings. The van der Waals surface area contributed by atoms with Crippen molar-refractivity contribution >= 4 is 5.97 Å². The smallest absolute Gasteiger partial charge is 0.330 e. The summed E-state index contributed by atoms with van der Waals surface area (Å²) in [6.45, 7) is 2.15. The lowest BCUT2D eigenvalue weighted by atomic mass is 10.4. The molecule has 4 nitrogen and oxygen atoms in total. The molecule has 0 saturated heterocycles. The summed E-state index contributed by atoms with van der Waals surface area (Å²) in [5, 5.41) is 0. The Morgan fingerprint density at radius 1 is 1.10 bits per heavy atom. The second kappa shape index (κ2) is 11.1. The van der Waals surface area contributed by atoms with E-state index in [1.54, 1.807) is 43.5 Å². The van der Waals surface area contributed by atoms with Crippen LogP contribution in [0.1, 0.15) is 6.92 Å². The molecule has 0 fully saturated rings. The fraction of sp³-hybridized carbons (Fsp3) is 0.118. The highest BCUT2D eigenvalue weighted by Crippen LogP contribution is 2.09. The maximum Gasteiger partial charge on any atom is 0.330 e. The molecule has 0 aromatic carbocycles. The molecule has 110 valence electrons. The largest absolute Gasteiger partial charge is 0.463 e. The molecule has 0 amide bonds. The van der Waals surface area contributed by atoms with E-state index in [0.717, 1.165) is 0 Å². The molecule has 0 atom stereocenters. The molecule has 21 heavy (non-hydrogen) atoms. The van der Waals surface area contributed by atoms with Crippen LogP contribution in [0.4, 0.5) is 0 Å². The summed E-state index contributed by atoms with van der Waals surface area (Å²) in [5.41, 5.74) is 0. The minimum absolute atomic E-state index is 0.340. The third kappa shape index (κ3) is 8.88. The summed E-state index contributed by atoms with van der Waals surface area (Å²) in [6.07, 6.45) is 18.7. The highest BCUT2D eigenvalue weighted by Gasteiger charge is 1.89. The van der Waals surface area contributed by atoms with Gasteiger partial charge in [0.25, 0.3) is 5.95 Å². The minimum atomic E-state index is -0.340. The second-order valence-corrected chi connectivity index (χ2v) is 3.64. The number of esters is 1. The Bertz CT molecular complexity index is 531. The fourth-order valence-corrected chi connectivity index (χ4v) is 1.19. The van der Waals surface area contributed by atoms with Crippen molar-refractivity contribution in [3.8, 4) is 5.95 Å². The van der Waals surface area contributed by atoms with Crippen LogP contribution in [0.25, 0.3) is 0 Å². The fourth-order valence-electron chi connectivity index (χ4n) is 1.19. The van der Waals surface area contributed by atoms with Gasteiger partial charge in [0.2, 0.25) is 0 Å². The molecule has 4 heteroatoms. The second-order valence-electron chi connectivity index (χ2n) is 3.64. The Labute approximate surface area is 124 Å². The van der Waals surface area contributed by atoms with Crippen molar-refractivity contribution in [2.75, 3.05) is 6.61 Å². The monoisotopic (exact) mass is 286 g/mol. The van der Waals surface area contributed by atoms with E-state index in [2.05, 4.69) is 0 Å². The zero-order valence-electron chi connectivity index (χ0n) is 11.8. The topological polar surface area (TPSA) is 48.7 Å².